The largest absolute Gasteiger partial charge is 0.326 e. The molecule has 0 spiro atoms. The molecule has 3 heteroatoms. The molecule has 1 atom stereocenters. The quantitative estimate of drug-likeness (QED) is 0.776. The first-order chi connectivity index (χ1) is 7.24. The maximum Gasteiger partial charge on any atom is 0.225 e. The third-order valence-corrected chi connectivity index (χ3v) is 3.52. The third-order valence-electron chi connectivity index (χ3n) is 3.28. The van der Waals surface area contributed by atoms with E-state index >= 15 is 0 Å². The smallest absolute Gasteiger partial charge is 0.225 e. The van der Waals surface area contributed by atoms with E-state index in [2.05, 4.69) is 5.32 Å². The zero-order valence-electron chi connectivity index (χ0n) is 8.29. The molecule has 1 amide bonds. The number of carbonyl (C=O) groups excluding carboxylic acids is 1. The van der Waals surface area contributed by atoms with Gasteiger partial charge in [-0.1, -0.05) is 11.6 Å². The predicted octanol–water partition coefficient (Wildman–Crippen LogP) is 3.18. The Bertz CT molecular complexity index is 426. The summed E-state index contributed by atoms with van der Waals surface area (Å²) in [7, 11) is 0. The number of benzene rings is 1. The Hall–Kier alpha value is -1.02. The van der Waals surface area contributed by atoms with Crippen molar-refractivity contribution in [2.75, 3.05) is 5.32 Å². The first-order valence-corrected chi connectivity index (χ1v) is 5.71. The maximum absolute atomic E-state index is 11.5. The predicted molar refractivity (Wildman–Crippen MR) is 60.2 cm³/mol. The highest BCUT2D eigenvalue weighted by Crippen LogP contribution is 2.48. The maximum atomic E-state index is 11.5. The van der Waals surface area contributed by atoms with Crippen LogP contribution in [0.2, 0.25) is 5.02 Å². The summed E-state index contributed by atoms with van der Waals surface area (Å²) in [4.78, 5) is 11.5. The molecule has 2 nitrogen and oxygen atoms in total. The highest BCUT2D eigenvalue weighted by Gasteiger charge is 2.37. The molecule has 0 saturated heterocycles. The summed E-state index contributed by atoms with van der Waals surface area (Å²) in [5, 5.41) is 3.66. The van der Waals surface area contributed by atoms with E-state index in [-0.39, 0.29) is 5.91 Å². The van der Waals surface area contributed by atoms with Gasteiger partial charge in [-0.15, -0.1) is 0 Å². The van der Waals surface area contributed by atoms with Crippen molar-refractivity contribution in [2.45, 2.75) is 25.2 Å². The average molecular weight is 222 g/mol. The first-order valence-electron chi connectivity index (χ1n) is 5.33. The van der Waals surface area contributed by atoms with Gasteiger partial charge in [0.2, 0.25) is 5.91 Å². The Kier molecular flexibility index (Phi) is 1.99. The molecular formula is C12H12ClNO. The van der Waals surface area contributed by atoms with E-state index in [0.717, 1.165) is 10.7 Å². The lowest BCUT2D eigenvalue weighted by Gasteiger charge is -2.25. The van der Waals surface area contributed by atoms with Crippen molar-refractivity contribution >= 4 is 23.2 Å². The molecule has 3 rings (SSSR count). The van der Waals surface area contributed by atoms with Crippen LogP contribution in [0.25, 0.3) is 0 Å². The minimum atomic E-state index is 0.140. The molecule has 0 radical (unpaired) electrons. The molecule has 1 aliphatic carbocycles. The Balaban J connectivity index is 2.06. The van der Waals surface area contributed by atoms with Crippen LogP contribution in [0.5, 0.6) is 0 Å². The van der Waals surface area contributed by atoms with Crippen LogP contribution in [0.4, 0.5) is 5.69 Å². The van der Waals surface area contributed by atoms with Crippen LogP contribution < -0.4 is 5.32 Å². The van der Waals surface area contributed by atoms with Crippen molar-refractivity contribution in [1.29, 1.82) is 0 Å². The van der Waals surface area contributed by atoms with E-state index < -0.39 is 0 Å². The zero-order chi connectivity index (χ0) is 10.4. The minimum absolute atomic E-state index is 0.140. The van der Waals surface area contributed by atoms with E-state index in [1.54, 1.807) is 0 Å². The van der Waals surface area contributed by atoms with Gasteiger partial charge in [0.25, 0.3) is 0 Å². The van der Waals surface area contributed by atoms with Gasteiger partial charge in [-0.3, -0.25) is 4.79 Å². The van der Waals surface area contributed by atoms with Crippen molar-refractivity contribution in [1.82, 2.24) is 0 Å². The fraction of sp³-hybridized carbons (Fsp3) is 0.417. The van der Waals surface area contributed by atoms with Crippen LogP contribution in [0.3, 0.4) is 0 Å². The number of hydrogen-bond acceptors (Lipinski definition) is 1. The first kappa shape index (κ1) is 9.22. The van der Waals surface area contributed by atoms with Crippen LogP contribution in [0.15, 0.2) is 18.2 Å². The number of halogens is 1. The summed E-state index contributed by atoms with van der Waals surface area (Å²) in [6.07, 6.45) is 3.13. The standard InChI is InChI=1S/C12H12ClNO/c13-8-3-4-11-10(5-8)9(7-1-2-7)6-12(15)14-11/h3-5,7,9H,1-2,6H2,(H,14,15). The highest BCUT2D eigenvalue weighted by molar-refractivity contribution is 6.30. The molecule has 1 aromatic carbocycles. The lowest BCUT2D eigenvalue weighted by molar-refractivity contribution is -0.117. The number of anilines is 1. The molecule has 1 N–H and O–H groups in total. The van der Waals surface area contributed by atoms with Gasteiger partial charge in [-0.05, 0) is 48.4 Å². The SMILES string of the molecule is O=C1CC(C2CC2)c2cc(Cl)ccc2N1. The summed E-state index contributed by atoms with van der Waals surface area (Å²) in [5.74, 6) is 1.24. The van der Waals surface area contributed by atoms with Crippen molar-refractivity contribution < 1.29 is 4.79 Å². The molecular weight excluding hydrogens is 210 g/mol. The number of fused-ring (bicyclic) bond motifs is 1. The molecule has 1 aliphatic heterocycles. The molecule has 1 saturated carbocycles. The molecule has 1 unspecified atom stereocenters. The molecule has 0 aromatic heterocycles. The van der Waals surface area contributed by atoms with Crippen molar-refractivity contribution in [3.05, 3.63) is 28.8 Å². The lowest BCUT2D eigenvalue weighted by atomic mass is 9.87. The van der Waals surface area contributed by atoms with Crippen LogP contribution >= 0.6 is 11.6 Å². The van der Waals surface area contributed by atoms with Gasteiger partial charge in [-0.25, -0.2) is 0 Å². The summed E-state index contributed by atoms with van der Waals surface area (Å²) in [5.41, 5.74) is 2.18. The van der Waals surface area contributed by atoms with Crippen molar-refractivity contribution in [3.8, 4) is 0 Å². The van der Waals surface area contributed by atoms with Crippen molar-refractivity contribution in [2.24, 2.45) is 5.92 Å². The van der Waals surface area contributed by atoms with Crippen LogP contribution in [0.1, 0.15) is 30.7 Å². The molecule has 1 aromatic rings. The van der Waals surface area contributed by atoms with E-state index in [0.29, 0.717) is 18.3 Å². The van der Waals surface area contributed by atoms with Crippen LogP contribution in [0, 0.1) is 5.92 Å². The normalized spacial score (nSPS) is 24.6. The second-order valence-electron chi connectivity index (χ2n) is 4.43. The van der Waals surface area contributed by atoms with Crippen molar-refractivity contribution in [3.63, 3.8) is 0 Å². The fourth-order valence-electron chi connectivity index (χ4n) is 2.38. The van der Waals surface area contributed by atoms with Gasteiger partial charge in [0.05, 0.1) is 0 Å². The monoisotopic (exact) mass is 221 g/mol. The number of rotatable bonds is 1. The van der Waals surface area contributed by atoms with Gasteiger partial charge in [0.15, 0.2) is 0 Å². The summed E-state index contributed by atoms with van der Waals surface area (Å²) in [6, 6.07) is 5.74. The Morgan fingerprint density at radius 2 is 2.13 bits per heavy atom. The van der Waals surface area contributed by atoms with Crippen LogP contribution in [-0.4, -0.2) is 5.91 Å². The highest BCUT2D eigenvalue weighted by atomic mass is 35.5. The zero-order valence-corrected chi connectivity index (χ0v) is 9.05. The lowest BCUT2D eigenvalue weighted by Crippen LogP contribution is -2.23. The molecule has 1 heterocycles. The molecule has 78 valence electrons. The number of hydrogen-bond donors (Lipinski definition) is 1. The average Bonchev–Trinajstić information content (AvgIpc) is 3.01. The Labute approximate surface area is 93.6 Å². The summed E-state index contributed by atoms with van der Waals surface area (Å²) in [6.45, 7) is 0. The Morgan fingerprint density at radius 3 is 2.87 bits per heavy atom. The van der Waals surface area contributed by atoms with E-state index in [4.69, 9.17) is 11.6 Å². The summed E-state index contributed by atoms with van der Waals surface area (Å²) >= 11 is 5.99. The number of amides is 1. The fourth-order valence-corrected chi connectivity index (χ4v) is 2.56. The van der Waals surface area contributed by atoms with E-state index in [1.165, 1.54) is 18.4 Å². The van der Waals surface area contributed by atoms with Gasteiger partial charge >= 0.3 is 0 Å². The molecule has 0 bridgehead atoms. The number of carbonyl (C=O) groups is 1. The van der Waals surface area contributed by atoms with Gasteiger partial charge in [-0.2, -0.15) is 0 Å². The van der Waals surface area contributed by atoms with Gasteiger partial charge in [0, 0.05) is 17.1 Å². The number of nitrogens with one attached hydrogen (secondary N) is 1. The van der Waals surface area contributed by atoms with E-state index in [1.807, 2.05) is 18.2 Å². The van der Waals surface area contributed by atoms with Gasteiger partial charge in [0.1, 0.15) is 0 Å². The van der Waals surface area contributed by atoms with Crippen LogP contribution in [-0.2, 0) is 4.79 Å². The molecule has 1 fully saturated rings. The Morgan fingerprint density at radius 1 is 1.33 bits per heavy atom. The van der Waals surface area contributed by atoms with E-state index in [9.17, 15) is 4.79 Å². The molecule has 15 heavy (non-hydrogen) atoms. The van der Waals surface area contributed by atoms with Gasteiger partial charge < -0.3 is 5.32 Å². The second-order valence-corrected chi connectivity index (χ2v) is 4.86. The summed E-state index contributed by atoms with van der Waals surface area (Å²) < 4.78 is 0. The second kappa shape index (κ2) is 3.24. The minimum Gasteiger partial charge on any atom is -0.326 e. The molecule has 2 aliphatic rings. The third kappa shape index (κ3) is 1.63. The topological polar surface area (TPSA) is 29.1 Å².